The first-order valence-electron chi connectivity index (χ1n) is 6.93. The van der Waals surface area contributed by atoms with Crippen LogP contribution < -0.4 is 5.32 Å². The van der Waals surface area contributed by atoms with E-state index in [1.807, 2.05) is 0 Å². The van der Waals surface area contributed by atoms with Crippen molar-refractivity contribution >= 4 is 15.9 Å². The zero-order chi connectivity index (χ0) is 16.3. The normalized spacial score (nSPS) is 18.5. The molecule has 1 saturated heterocycles. The fourth-order valence-electron chi connectivity index (χ4n) is 2.41. The number of urea groups is 1. The van der Waals surface area contributed by atoms with Crippen molar-refractivity contribution in [3.8, 4) is 0 Å². The van der Waals surface area contributed by atoms with Gasteiger partial charge in [0.15, 0.2) is 9.84 Å². The Balaban J connectivity index is 1.83. The summed E-state index contributed by atoms with van der Waals surface area (Å²) in [6, 6.07) is 2.79. The van der Waals surface area contributed by atoms with E-state index < -0.39 is 26.7 Å². The molecule has 1 N–H and O–H groups in total. The molecule has 0 spiro atoms. The number of carbonyl (C=O) groups is 1. The van der Waals surface area contributed by atoms with Gasteiger partial charge in [-0.25, -0.2) is 22.0 Å². The summed E-state index contributed by atoms with van der Waals surface area (Å²) in [5, 5.41) is 2.07. The van der Waals surface area contributed by atoms with Crippen molar-refractivity contribution in [2.75, 3.05) is 25.9 Å². The molecule has 1 aromatic carbocycles. The number of nitrogens with zero attached hydrogens (tertiary/aromatic N) is 1. The minimum atomic E-state index is -3.16. The number of benzene rings is 1. The van der Waals surface area contributed by atoms with Crippen molar-refractivity contribution in [2.45, 2.75) is 18.1 Å². The Kier molecular flexibility index (Phi) is 5.00. The molecule has 0 radical (unpaired) electrons. The van der Waals surface area contributed by atoms with Crippen molar-refractivity contribution in [2.24, 2.45) is 0 Å². The summed E-state index contributed by atoms with van der Waals surface area (Å²) < 4.78 is 49.3. The average Bonchev–Trinajstić information content (AvgIpc) is 2.92. The van der Waals surface area contributed by atoms with Crippen molar-refractivity contribution in [1.82, 2.24) is 10.2 Å². The maximum Gasteiger partial charge on any atom is 0.317 e. The SMILES string of the molecule is CS(=O)(=O)[C@@H]1CCN(C(=O)NCCc2cc(F)ccc2F)C1. The van der Waals surface area contributed by atoms with Crippen LogP contribution in [-0.4, -0.2) is 50.5 Å². The van der Waals surface area contributed by atoms with E-state index in [-0.39, 0.29) is 31.1 Å². The van der Waals surface area contributed by atoms with Crippen molar-refractivity contribution in [3.05, 3.63) is 35.4 Å². The van der Waals surface area contributed by atoms with E-state index in [0.717, 1.165) is 24.5 Å². The second-order valence-electron chi connectivity index (χ2n) is 5.40. The van der Waals surface area contributed by atoms with E-state index in [0.29, 0.717) is 13.0 Å². The highest BCUT2D eigenvalue weighted by atomic mass is 32.2. The number of amides is 2. The third kappa shape index (κ3) is 4.16. The summed E-state index contributed by atoms with van der Waals surface area (Å²) in [5.74, 6) is -1.05. The number of hydrogen-bond acceptors (Lipinski definition) is 3. The van der Waals surface area contributed by atoms with Gasteiger partial charge in [-0.05, 0) is 36.6 Å². The van der Waals surface area contributed by atoms with E-state index in [2.05, 4.69) is 5.32 Å². The fraction of sp³-hybridized carbons (Fsp3) is 0.500. The maximum absolute atomic E-state index is 13.4. The third-order valence-corrected chi connectivity index (χ3v) is 5.31. The maximum atomic E-state index is 13.4. The fourth-order valence-corrected chi connectivity index (χ4v) is 3.40. The lowest BCUT2D eigenvalue weighted by Crippen LogP contribution is -2.40. The van der Waals surface area contributed by atoms with Gasteiger partial charge in [-0.3, -0.25) is 0 Å². The molecule has 1 aliphatic rings. The molecule has 0 aliphatic carbocycles. The topological polar surface area (TPSA) is 66.5 Å². The molecule has 2 rings (SSSR count). The molecule has 122 valence electrons. The molecule has 22 heavy (non-hydrogen) atoms. The van der Waals surface area contributed by atoms with Gasteiger partial charge >= 0.3 is 6.03 Å². The first kappa shape index (κ1) is 16.7. The van der Waals surface area contributed by atoms with Crippen LogP contribution in [0.3, 0.4) is 0 Å². The minimum absolute atomic E-state index is 0.152. The summed E-state index contributed by atoms with van der Waals surface area (Å²) in [7, 11) is -3.16. The van der Waals surface area contributed by atoms with Crippen LogP contribution in [0.5, 0.6) is 0 Å². The van der Waals surface area contributed by atoms with Crippen LogP contribution in [0, 0.1) is 11.6 Å². The summed E-state index contributed by atoms with van der Waals surface area (Å²) in [6.45, 7) is 0.691. The molecule has 1 aliphatic heterocycles. The average molecular weight is 332 g/mol. The quantitative estimate of drug-likeness (QED) is 0.905. The van der Waals surface area contributed by atoms with Gasteiger partial charge in [0.1, 0.15) is 11.6 Å². The van der Waals surface area contributed by atoms with Crippen LogP contribution in [-0.2, 0) is 16.3 Å². The summed E-state index contributed by atoms with van der Waals surface area (Å²) >= 11 is 0. The van der Waals surface area contributed by atoms with Crippen molar-refractivity contribution < 1.29 is 22.0 Å². The predicted octanol–water partition coefficient (Wildman–Crippen LogP) is 1.34. The number of likely N-dealkylation sites (tertiary alicyclic amines) is 1. The number of carbonyl (C=O) groups excluding carboxylic acids is 1. The van der Waals surface area contributed by atoms with E-state index in [1.165, 1.54) is 4.90 Å². The minimum Gasteiger partial charge on any atom is -0.338 e. The Bertz CT molecular complexity index is 664. The Labute approximate surface area is 128 Å². The van der Waals surface area contributed by atoms with Gasteiger partial charge in [0.2, 0.25) is 0 Å². The van der Waals surface area contributed by atoms with E-state index in [4.69, 9.17) is 0 Å². The zero-order valence-electron chi connectivity index (χ0n) is 12.2. The number of hydrogen-bond donors (Lipinski definition) is 1. The van der Waals surface area contributed by atoms with Crippen LogP contribution in [0.25, 0.3) is 0 Å². The number of nitrogens with one attached hydrogen (secondary N) is 1. The van der Waals surface area contributed by atoms with Gasteiger partial charge in [0.05, 0.1) is 5.25 Å². The number of sulfone groups is 1. The Morgan fingerprint density at radius 2 is 2.14 bits per heavy atom. The highest BCUT2D eigenvalue weighted by Crippen LogP contribution is 2.16. The Hall–Kier alpha value is -1.70. The molecule has 1 fully saturated rings. The predicted molar refractivity (Wildman–Crippen MR) is 78.3 cm³/mol. The first-order chi connectivity index (χ1) is 10.3. The van der Waals surface area contributed by atoms with Crippen LogP contribution in [0.15, 0.2) is 18.2 Å². The molecule has 5 nitrogen and oxygen atoms in total. The molecule has 1 atom stereocenters. The second-order valence-corrected chi connectivity index (χ2v) is 7.73. The lowest BCUT2D eigenvalue weighted by atomic mass is 10.1. The van der Waals surface area contributed by atoms with Crippen LogP contribution in [0.4, 0.5) is 13.6 Å². The van der Waals surface area contributed by atoms with Gasteiger partial charge < -0.3 is 10.2 Å². The van der Waals surface area contributed by atoms with Gasteiger partial charge in [-0.15, -0.1) is 0 Å². The first-order valence-corrected chi connectivity index (χ1v) is 8.88. The Morgan fingerprint density at radius 3 is 2.77 bits per heavy atom. The van der Waals surface area contributed by atoms with Crippen LogP contribution in [0.1, 0.15) is 12.0 Å². The third-order valence-electron chi connectivity index (χ3n) is 3.72. The molecular weight excluding hydrogens is 314 g/mol. The molecule has 2 amide bonds. The van der Waals surface area contributed by atoms with Crippen LogP contribution in [0.2, 0.25) is 0 Å². The lowest BCUT2D eigenvalue weighted by molar-refractivity contribution is 0.209. The highest BCUT2D eigenvalue weighted by Gasteiger charge is 2.32. The van der Waals surface area contributed by atoms with E-state index in [1.54, 1.807) is 0 Å². The van der Waals surface area contributed by atoms with Gasteiger partial charge in [-0.2, -0.15) is 0 Å². The molecular formula is C14H18F2N2O3S. The zero-order valence-corrected chi connectivity index (χ0v) is 13.0. The van der Waals surface area contributed by atoms with Crippen molar-refractivity contribution in [1.29, 1.82) is 0 Å². The molecule has 1 heterocycles. The molecule has 8 heteroatoms. The molecule has 0 bridgehead atoms. The van der Waals surface area contributed by atoms with Gasteiger partial charge in [-0.1, -0.05) is 0 Å². The Morgan fingerprint density at radius 1 is 1.41 bits per heavy atom. The summed E-state index contributed by atoms with van der Waals surface area (Å²) in [6.07, 6.45) is 1.75. The molecule has 1 aromatic rings. The highest BCUT2D eigenvalue weighted by molar-refractivity contribution is 7.91. The van der Waals surface area contributed by atoms with E-state index in [9.17, 15) is 22.0 Å². The summed E-state index contributed by atoms with van der Waals surface area (Å²) in [5.41, 5.74) is 0.190. The number of halogens is 2. The van der Waals surface area contributed by atoms with Gasteiger partial charge in [0, 0.05) is 25.9 Å². The van der Waals surface area contributed by atoms with E-state index >= 15 is 0 Å². The molecule has 0 saturated carbocycles. The largest absolute Gasteiger partial charge is 0.338 e. The van der Waals surface area contributed by atoms with Crippen LogP contribution >= 0.6 is 0 Å². The van der Waals surface area contributed by atoms with Crippen molar-refractivity contribution in [3.63, 3.8) is 0 Å². The molecule has 0 aromatic heterocycles. The number of rotatable bonds is 4. The monoisotopic (exact) mass is 332 g/mol. The summed E-state index contributed by atoms with van der Waals surface area (Å²) in [4.78, 5) is 13.3. The smallest absolute Gasteiger partial charge is 0.317 e. The second kappa shape index (κ2) is 6.60. The lowest BCUT2D eigenvalue weighted by Gasteiger charge is -2.17. The molecule has 0 unspecified atom stereocenters. The standard InChI is InChI=1S/C14H18F2N2O3S/c1-22(20,21)12-5-7-18(9-12)14(19)17-6-4-10-8-11(15)2-3-13(10)16/h2-3,8,12H,4-7,9H2,1H3,(H,17,19)/t12-/m1/s1. The van der Waals surface area contributed by atoms with Gasteiger partial charge in [0.25, 0.3) is 0 Å².